The molecule has 0 spiro atoms. The Bertz CT molecular complexity index is 1300. The first-order valence-electron chi connectivity index (χ1n) is 10.0. The molecule has 18 heteroatoms. The van der Waals surface area contributed by atoms with E-state index in [1.807, 2.05) is 0 Å². The molecule has 4 heterocycles. The number of anilines is 1. The van der Waals surface area contributed by atoms with E-state index in [1.54, 1.807) is 17.5 Å². The van der Waals surface area contributed by atoms with Crippen molar-refractivity contribution < 1.29 is 46.8 Å². The highest BCUT2D eigenvalue weighted by atomic mass is 32.2. The van der Waals surface area contributed by atoms with Crippen molar-refractivity contribution in [1.82, 2.24) is 15.1 Å². The monoisotopic (exact) mass is 578 g/mol. The van der Waals surface area contributed by atoms with Crippen LogP contribution in [0.4, 0.5) is 5.00 Å². The number of carboxylic acids is 2. The molecule has 2 amide bonds. The van der Waals surface area contributed by atoms with E-state index >= 15 is 0 Å². The summed E-state index contributed by atoms with van der Waals surface area (Å²) in [5.74, 6) is -5.00. The lowest BCUT2D eigenvalue weighted by Crippen LogP contribution is -2.74. The van der Waals surface area contributed by atoms with Crippen molar-refractivity contribution in [2.45, 2.75) is 28.8 Å². The summed E-state index contributed by atoms with van der Waals surface area (Å²) in [6.07, 6.45) is -0.793. The van der Waals surface area contributed by atoms with Crippen molar-refractivity contribution in [1.29, 1.82) is 0 Å². The molecule has 194 valence electrons. The molecule has 2 unspecified atom stereocenters. The predicted molar refractivity (Wildman–Crippen MR) is 126 cm³/mol. The zero-order chi connectivity index (χ0) is 26.3. The van der Waals surface area contributed by atoms with Crippen molar-refractivity contribution >= 4 is 73.7 Å². The lowest BCUT2D eigenvalue weighted by Gasteiger charge is -2.55. The number of fused-ring (bicyclic) bond motifs is 1. The number of nitrogens with zero attached hydrogens (tertiary/aromatic N) is 4. The van der Waals surface area contributed by atoms with E-state index in [0.29, 0.717) is 5.00 Å². The minimum atomic E-state index is -4.39. The molecule has 2 saturated heterocycles. The van der Waals surface area contributed by atoms with Gasteiger partial charge < -0.3 is 19.5 Å². The molecule has 3 N–H and O–H groups in total. The number of hydrogen-bond donors (Lipinski definition) is 3. The third kappa shape index (κ3) is 5.36. The van der Waals surface area contributed by atoms with E-state index in [1.165, 1.54) is 32.9 Å². The van der Waals surface area contributed by atoms with Crippen LogP contribution in [0.1, 0.15) is 12.3 Å². The summed E-state index contributed by atoms with van der Waals surface area (Å²) in [4.78, 5) is 51.7. The van der Waals surface area contributed by atoms with Crippen LogP contribution in [0.25, 0.3) is 0 Å². The normalized spacial score (nSPS) is 23.6. The molecule has 14 nitrogen and oxygen atoms in total. The molecule has 4 rings (SSSR count). The summed E-state index contributed by atoms with van der Waals surface area (Å²) in [7, 11) is -4.39. The fraction of sp³-hybridized carbons (Fsp3) is 0.444. The number of amides is 2. The third-order valence-corrected chi connectivity index (χ3v) is 9.55. The van der Waals surface area contributed by atoms with Gasteiger partial charge in [-0.3, -0.25) is 28.6 Å². The van der Waals surface area contributed by atoms with E-state index in [4.69, 9.17) is 14.1 Å². The second-order valence-corrected chi connectivity index (χ2v) is 12.4. The Hall–Kier alpha value is -2.67. The van der Waals surface area contributed by atoms with E-state index in [-0.39, 0.29) is 29.2 Å². The van der Waals surface area contributed by atoms with E-state index < -0.39 is 62.9 Å². The smallest absolute Gasteiger partial charge is 0.313 e. The van der Waals surface area contributed by atoms with Crippen LogP contribution in [0.15, 0.2) is 27.2 Å². The zero-order valence-corrected chi connectivity index (χ0v) is 21.3. The highest BCUT2D eigenvalue weighted by Gasteiger charge is 2.60. The van der Waals surface area contributed by atoms with E-state index in [2.05, 4.69) is 10.2 Å². The maximum atomic E-state index is 13.1. The minimum Gasteiger partial charge on any atom is -0.481 e. The standard InChI is InChI=1S/C18H18N4O10S4/c23-10(4-12(24)25)22(11-2-1-3-33-11)13-14(26)21-6-18(16(27)28,7-34-15(13)21)8-35-17-20-19-9(32-17)5-36(29,30)31/h1-3,13,15H,4-8H2,(H,24,25)(H,27,28)(H,29,30,31)/t13?,15-,18?/m1/s1. The number of carboxylic acid groups (broad SMARTS) is 2. The first kappa shape index (κ1) is 26.4. The molecule has 2 aromatic heterocycles. The van der Waals surface area contributed by atoms with Crippen LogP contribution < -0.4 is 4.90 Å². The molecule has 0 aliphatic carbocycles. The number of carbonyl (C=O) groups excluding carboxylic acids is 2. The van der Waals surface area contributed by atoms with Crippen LogP contribution in [0, 0.1) is 5.41 Å². The minimum absolute atomic E-state index is 0.0672. The van der Waals surface area contributed by atoms with Gasteiger partial charge >= 0.3 is 11.9 Å². The Balaban J connectivity index is 1.48. The van der Waals surface area contributed by atoms with Gasteiger partial charge in [-0.15, -0.1) is 33.3 Å². The van der Waals surface area contributed by atoms with Crippen LogP contribution in [0.2, 0.25) is 0 Å². The largest absolute Gasteiger partial charge is 0.481 e. The number of thiophene rings is 1. The number of hydrogen-bond acceptors (Lipinski definition) is 12. The van der Waals surface area contributed by atoms with Crippen molar-refractivity contribution in [3.05, 3.63) is 23.4 Å². The highest BCUT2D eigenvalue weighted by molar-refractivity contribution is 8.00. The van der Waals surface area contributed by atoms with Crippen LogP contribution in [0.5, 0.6) is 0 Å². The third-order valence-electron chi connectivity index (χ3n) is 5.39. The fourth-order valence-corrected chi connectivity index (χ4v) is 7.63. The van der Waals surface area contributed by atoms with Crippen LogP contribution in [-0.2, 0) is 35.0 Å². The number of aromatic nitrogens is 2. The Labute approximate surface area is 215 Å². The quantitative estimate of drug-likeness (QED) is 0.152. The highest BCUT2D eigenvalue weighted by Crippen LogP contribution is 2.47. The Morgan fingerprint density at radius 2 is 2.06 bits per heavy atom. The molecule has 0 aromatic carbocycles. The maximum Gasteiger partial charge on any atom is 0.313 e. The predicted octanol–water partition coefficient (Wildman–Crippen LogP) is 0.474. The van der Waals surface area contributed by atoms with E-state index in [9.17, 15) is 32.7 Å². The van der Waals surface area contributed by atoms with Gasteiger partial charge in [-0.1, -0.05) is 11.8 Å². The molecule has 0 saturated carbocycles. The second kappa shape index (κ2) is 10.0. The van der Waals surface area contributed by atoms with Gasteiger partial charge in [-0.25, -0.2) is 0 Å². The van der Waals surface area contributed by atoms with Gasteiger partial charge in [0, 0.05) is 18.1 Å². The lowest BCUT2D eigenvalue weighted by molar-refractivity contribution is -0.156. The van der Waals surface area contributed by atoms with Crippen LogP contribution in [-0.4, -0.2) is 91.5 Å². The molecular formula is C18H18N4O10S4. The Kier molecular flexibility index (Phi) is 7.33. The molecule has 0 radical (unpaired) electrons. The van der Waals surface area contributed by atoms with Gasteiger partial charge in [0.2, 0.25) is 17.7 Å². The molecule has 2 aliphatic rings. The van der Waals surface area contributed by atoms with Crippen molar-refractivity contribution in [2.75, 3.05) is 23.0 Å². The van der Waals surface area contributed by atoms with Gasteiger partial charge in [0.1, 0.15) is 23.3 Å². The van der Waals surface area contributed by atoms with Crippen LogP contribution >= 0.6 is 34.9 Å². The van der Waals surface area contributed by atoms with Gasteiger partial charge in [0.15, 0.2) is 5.75 Å². The summed E-state index contributed by atoms with van der Waals surface area (Å²) >= 11 is 3.21. The van der Waals surface area contributed by atoms with Gasteiger partial charge in [0.25, 0.3) is 15.3 Å². The van der Waals surface area contributed by atoms with Crippen molar-refractivity contribution in [3.63, 3.8) is 0 Å². The van der Waals surface area contributed by atoms with Gasteiger partial charge in [0.05, 0.1) is 5.00 Å². The van der Waals surface area contributed by atoms with Crippen molar-refractivity contribution in [3.8, 4) is 0 Å². The van der Waals surface area contributed by atoms with Gasteiger partial charge in [-0.2, -0.15) is 8.42 Å². The Morgan fingerprint density at radius 1 is 1.31 bits per heavy atom. The van der Waals surface area contributed by atoms with Gasteiger partial charge in [-0.05, 0) is 17.5 Å². The number of carbonyl (C=O) groups is 4. The lowest BCUT2D eigenvalue weighted by atomic mass is 9.89. The molecule has 2 aromatic rings. The molecule has 36 heavy (non-hydrogen) atoms. The summed E-state index contributed by atoms with van der Waals surface area (Å²) in [5.41, 5.74) is -1.41. The fourth-order valence-electron chi connectivity index (χ4n) is 3.73. The zero-order valence-electron chi connectivity index (χ0n) is 18.0. The number of aliphatic carboxylic acids is 2. The molecular weight excluding hydrogens is 560 g/mol. The number of β-lactam (4-membered cyclic amide) rings is 1. The number of rotatable bonds is 10. The number of thioether (sulfide) groups is 2. The van der Waals surface area contributed by atoms with Crippen LogP contribution in [0.3, 0.4) is 0 Å². The summed E-state index contributed by atoms with van der Waals surface area (Å²) in [6, 6.07) is 2.31. The average Bonchev–Trinajstić information content (AvgIpc) is 3.46. The average molecular weight is 579 g/mol. The van der Waals surface area contributed by atoms with Crippen molar-refractivity contribution in [2.24, 2.45) is 5.41 Å². The Morgan fingerprint density at radius 3 is 2.67 bits per heavy atom. The first-order valence-corrected chi connectivity index (χ1v) is 14.6. The molecule has 2 fully saturated rings. The summed E-state index contributed by atoms with van der Waals surface area (Å²) in [6.45, 7) is -0.167. The summed E-state index contributed by atoms with van der Waals surface area (Å²) < 4.78 is 35.9. The SMILES string of the molecule is O=C(O)CC(=O)N(c1cccs1)C1C(=O)N2CC(CSc3nnc(CS(=O)(=O)O)o3)(C(=O)O)CS[C@H]12. The maximum absolute atomic E-state index is 13.1. The summed E-state index contributed by atoms with van der Waals surface area (Å²) in [5, 5.41) is 27.7. The van der Waals surface area contributed by atoms with E-state index in [0.717, 1.165) is 11.8 Å². The first-order chi connectivity index (χ1) is 16.9. The topological polar surface area (TPSA) is 209 Å². The molecule has 3 atom stereocenters. The second-order valence-electron chi connectivity index (χ2n) is 7.96. The molecule has 2 aliphatic heterocycles. The molecule has 0 bridgehead atoms.